The van der Waals surface area contributed by atoms with Gasteiger partial charge in [0.25, 0.3) is 0 Å². The maximum Gasteiger partial charge on any atom is 0.237 e. The van der Waals surface area contributed by atoms with Crippen LogP contribution in [0.1, 0.15) is 11.4 Å². The summed E-state index contributed by atoms with van der Waals surface area (Å²) in [5.41, 5.74) is 2.03. The van der Waals surface area contributed by atoms with Gasteiger partial charge in [-0.2, -0.15) is 0 Å². The third kappa shape index (κ3) is 2.52. The summed E-state index contributed by atoms with van der Waals surface area (Å²) in [6.45, 7) is 5.59. The van der Waals surface area contributed by atoms with E-state index in [-0.39, 0.29) is 5.91 Å². The molecule has 1 fully saturated rings. The average molecular weight is 246 g/mol. The molecule has 1 unspecified atom stereocenters. The fourth-order valence-corrected chi connectivity index (χ4v) is 2.48. The summed E-state index contributed by atoms with van der Waals surface area (Å²) in [5.74, 6) is 0.217. The van der Waals surface area contributed by atoms with Crippen LogP contribution < -0.4 is 5.32 Å². The predicted molar refractivity (Wildman–Crippen MR) is 67.8 cm³/mol. The van der Waals surface area contributed by atoms with Crippen molar-refractivity contribution in [2.45, 2.75) is 13.1 Å². The van der Waals surface area contributed by atoms with Crippen molar-refractivity contribution in [1.29, 1.82) is 0 Å². The minimum absolute atomic E-state index is 0.217. The first-order chi connectivity index (χ1) is 8.81. The maximum absolute atomic E-state index is 12.0. The van der Waals surface area contributed by atoms with E-state index < -0.39 is 0 Å². The second kappa shape index (κ2) is 5.04. The first-order valence-electron chi connectivity index (χ1n) is 6.47. The molecule has 0 aromatic carbocycles. The summed E-state index contributed by atoms with van der Waals surface area (Å²) in [6, 6.07) is 6.04. The topological polar surface area (TPSA) is 48.5 Å². The molecular formula is C13H18N4O. The maximum atomic E-state index is 12.0. The van der Waals surface area contributed by atoms with Gasteiger partial charge in [-0.25, -0.2) is 0 Å². The molecule has 1 saturated heterocycles. The molecule has 1 aromatic heterocycles. The highest BCUT2D eigenvalue weighted by atomic mass is 16.2. The van der Waals surface area contributed by atoms with Crippen LogP contribution in [-0.4, -0.2) is 53.4 Å². The summed E-state index contributed by atoms with van der Waals surface area (Å²) in [7, 11) is 0. The Hall–Kier alpha value is -1.46. The van der Waals surface area contributed by atoms with E-state index in [0.717, 1.165) is 44.1 Å². The van der Waals surface area contributed by atoms with Crippen LogP contribution in [0.25, 0.3) is 0 Å². The van der Waals surface area contributed by atoms with Crippen LogP contribution in [0.5, 0.6) is 0 Å². The predicted octanol–water partition coefficient (Wildman–Crippen LogP) is -0.171. The molecule has 1 aromatic rings. The van der Waals surface area contributed by atoms with Crippen molar-refractivity contribution in [3.63, 3.8) is 0 Å². The van der Waals surface area contributed by atoms with E-state index in [4.69, 9.17) is 0 Å². The molecule has 0 aliphatic carbocycles. The summed E-state index contributed by atoms with van der Waals surface area (Å²) >= 11 is 0. The van der Waals surface area contributed by atoms with Crippen LogP contribution in [0, 0.1) is 0 Å². The fraction of sp³-hybridized carbons (Fsp3) is 0.538. The minimum Gasteiger partial charge on any atom is -0.334 e. The van der Waals surface area contributed by atoms with Gasteiger partial charge in [-0.3, -0.25) is 14.7 Å². The zero-order valence-corrected chi connectivity index (χ0v) is 10.4. The van der Waals surface area contributed by atoms with Crippen molar-refractivity contribution in [3.05, 3.63) is 29.6 Å². The summed E-state index contributed by atoms with van der Waals surface area (Å²) in [6.07, 6.45) is 0. The minimum atomic E-state index is 0.217. The highest BCUT2D eigenvalue weighted by Gasteiger charge is 2.24. The molecule has 0 spiro atoms. The number of hydrogen-bond acceptors (Lipinski definition) is 4. The Morgan fingerprint density at radius 1 is 1.11 bits per heavy atom. The van der Waals surface area contributed by atoms with Crippen LogP contribution in [0.2, 0.25) is 0 Å². The van der Waals surface area contributed by atoms with Gasteiger partial charge in [0.2, 0.25) is 5.91 Å². The monoisotopic (exact) mass is 246 g/mol. The van der Waals surface area contributed by atoms with Crippen LogP contribution in [-0.2, 0) is 17.9 Å². The quantitative estimate of drug-likeness (QED) is 0.690. The van der Waals surface area contributed by atoms with Crippen molar-refractivity contribution >= 4 is 5.91 Å². The van der Waals surface area contributed by atoms with Gasteiger partial charge in [0, 0.05) is 32.7 Å². The molecule has 96 valence electrons. The lowest BCUT2D eigenvalue weighted by atomic mass is 10.2. The van der Waals surface area contributed by atoms with E-state index in [9.17, 15) is 4.79 Å². The van der Waals surface area contributed by atoms with Gasteiger partial charge >= 0.3 is 0 Å². The molecule has 4 heterocycles. The van der Waals surface area contributed by atoms with Crippen molar-refractivity contribution in [2.75, 3.05) is 32.7 Å². The molecular weight excluding hydrogens is 228 g/mol. The number of carbonyl (C=O) groups is 1. The Bertz CT molecular complexity index is 446. The van der Waals surface area contributed by atoms with Crippen LogP contribution >= 0.6 is 0 Å². The number of nitrogens with zero attached hydrogens (tertiary/aromatic N) is 3. The zero-order chi connectivity index (χ0) is 12.4. The molecule has 3 aliphatic rings. The molecule has 0 radical (unpaired) electrons. The van der Waals surface area contributed by atoms with Gasteiger partial charge in [-0.1, -0.05) is 6.07 Å². The van der Waals surface area contributed by atoms with Crippen LogP contribution in [0.4, 0.5) is 0 Å². The van der Waals surface area contributed by atoms with E-state index in [1.165, 1.54) is 0 Å². The Labute approximate surface area is 107 Å². The molecule has 4 bridgehead atoms. The lowest BCUT2D eigenvalue weighted by Gasteiger charge is -2.34. The Balaban J connectivity index is 1.85. The molecule has 5 heteroatoms. The third-order valence-corrected chi connectivity index (χ3v) is 3.53. The lowest BCUT2D eigenvalue weighted by Crippen LogP contribution is -2.51. The number of rotatable bonds is 0. The highest BCUT2D eigenvalue weighted by molar-refractivity contribution is 5.79. The van der Waals surface area contributed by atoms with Crippen LogP contribution in [0.3, 0.4) is 0 Å². The number of pyridine rings is 1. The molecule has 1 amide bonds. The van der Waals surface area contributed by atoms with E-state index in [1.807, 2.05) is 23.1 Å². The molecule has 3 aliphatic heterocycles. The number of nitrogens with one attached hydrogen (secondary N) is 1. The smallest absolute Gasteiger partial charge is 0.237 e. The van der Waals surface area contributed by atoms with Gasteiger partial charge in [-0.15, -0.1) is 0 Å². The van der Waals surface area contributed by atoms with Gasteiger partial charge in [0.1, 0.15) is 0 Å². The summed E-state index contributed by atoms with van der Waals surface area (Å²) in [5, 5.41) is 3.38. The average Bonchev–Trinajstić information content (AvgIpc) is 2.37. The molecule has 5 nitrogen and oxygen atoms in total. The largest absolute Gasteiger partial charge is 0.334 e. The van der Waals surface area contributed by atoms with Crippen molar-refractivity contribution in [2.24, 2.45) is 0 Å². The van der Waals surface area contributed by atoms with Gasteiger partial charge in [0.05, 0.1) is 24.5 Å². The fourth-order valence-electron chi connectivity index (χ4n) is 2.48. The lowest BCUT2D eigenvalue weighted by molar-refractivity contribution is -0.136. The summed E-state index contributed by atoms with van der Waals surface area (Å²) in [4.78, 5) is 20.7. The second-order valence-corrected chi connectivity index (χ2v) is 4.89. The van der Waals surface area contributed by atoms with E-state index in [2.05, 4.69) is 15.2 Å². The zero-order valence-electron chi connectivity index (χ0n) is 10.4. The standard InChI is InChI=1S/C13H18N4O/c18-13-10-16-5-4-14-8-11-2-1-3-12(15-11)9-17(13)7-6-16/h1-3,14H,4-10H2. The Kier molecular flexibility index (Phi) is 3.25. The molecule has 0 saturated carbocycles. The number of carbonyl (C=O) groups excluding carboxylic acids is 1. The second-order valence-electron chi connectivity index (χ2n) is 4.89. The Morgan fingerprint density at radius 2 is 2.00 bits per heavy atom. The van der Waals surface area contributed by atoms with E-state index in [1.54, 1.807) is 0 Å². The van der Waals surface area contributed by atoms with Crippen molar-refractivity contribution < 1.29 is 4.79 Å². The third-order valence-electron chi connectivity index (χ3n) is 3.53. The van der Waals surface area contributed by atoms with Gasteiger partial charge in [-0.05, 0) is 12.1 Å². The Morgan fingerprint density at radius 3 is 2.89 bits per heavy atom. The molecule has 4 rings (SSSR count). The number of hydrogen-bond donors (Lipinski definition) is 1. The normalized spacial score (nSPS) is 24.6. The summed E-state index contributed by atoms with van der Waals surface area (Å²) < 4.78 is 0. The first-order valence-corrected chi connectivity index (χ1v) is 6.47. The highest BCUT2D eigenvalue weighted by Crippen LogP contribution is 2.09. The molecule has 1 N–H and O–H groups in total. The van der Waals surface area contributed by atoms with Gasteiger partial charge < -0.3 is 10.2 Å². The van der Waals surface area contributed by atoms with Crippen LogP contribution in [0.15, 0.2) is 18.2 Å². The number of piperazine rings is 1. The molecule has 1 atom stereocenters. The van der Waals surface area contributed by atoms with E-state index >= 15 is 0 Å². The first kappa shape index (κ1) is 11.6. The number of aromatic nitrogens is 1. The van der Waals surface area contributed by atoms with E-state index in [0.29, 0.717) is 13.1 Å². The van der Waals surface area contributed by atoms with Crippen molar-refractivity contribution in [1.82, 2.24) is 20.1 Å². The SMILES string of the molecule is O=C1CN2CCNCc3cccc(n3)CN1CC2. The molecule has 18 heavy (non-hydrogen) atoms. The van der Waals surface area contributed by atoms with Crippen molar-refractivity contribution in [3.8, 4) is 0 Å². The van der Waals surface area contributed by atoms with Gasteiger partial charge in [0.15, 0.2) is 0 Å². The number of amides is 1. The number of fused-ring (bicyclic) bond motifs is 5.